The van der Waals surface area contributed by atoms with Gasteiger partial charge < -0.3 is 10.4 Å². The lowest BCUT2D eigenvalue weighted by Crippen LogP contribution is -2.43. The Bertz CT molecular complexity index is 721. The molecule has 1 amide bonds. The fraction of sp³-hybridized carbons (Fsp3) is 0.400. The van der Waals surface area contributed by atoms with E-state index in [0.717, 1.165) is 28.8 Å². The number of hydrogen-bond donors (Lipinski definition) is 2. The fourth-order valence-corrected chi connectivity index (χ4v) is 2.29. The van der Waals surface area contributed by atoms with Crippen molar-refractivity contribution in [3.63, 3.8) is 0 Å². The Kier molecular flexibility index (Phi) is 4.05. The van der Waals surface area contributed by atoms with Gasteiger partial charge in [-0.25, -0.2) is 4.79 Å². The van der Waals surface area contributed by atoms with Gasteiger partial charge in [0.25, 0.3) is 0 Å². The van der Waals surface area contributed by atoms with E-state index in [-0.39, 0.29) is 12.5 Å². The van der Waals surface area contributed by atoms with Crippen LogP contribution in [-0.2, 0) is 16.1 Å². The number of aromatic nitrogens is 4. The number of carbonyl (C=O) groups excluding carboxylic acids is 1. The number of carboxylic acids is 1. The average molecular weight is 315 g/mol. The van der Waals surface area contributed by atoms with E-state index < -0.39 is 17.9 Å². The highest BCUT2D eigenvalue weighted by atomic mass is 16.4. The van der Waals surface area contributed by atoms with Crippen LogP contribution in [0.5, 0.6) is 0 Å². The molecule has 0 bridgehead atoms. The number of benzene rings is 1. The van der Waals surface area contributed by atoms with Crippen molar-refractivity contribution < 1.29 is 14.7 Å². The first-order valence-corrected chi connectivity index (χ1v) is 7.40. The third-order valence-electron chi connectivity index (χ3n) is 3.72. The summed E-state index contributed by atoms with van der Waals surface area (Å²) in [6, 6.07) is 6.81. The highest BCUT2D eigenvalue weighted by Gasteiger charge is 2.37. The van der Waals surface area contributed by atoms with Gasteiger partial charge in [-0.15, -0.1) is 10.2 Å². The van der Waals surface area contributed by atoms with Gasteiger partial charge in [-0.05, 0) is 30.9 Å². The van der Waals surface area contributed by atoms with Gasteiger partial charge in [0.05, 0.1) is 0 Å². The highest BCUT2D eigenvalue weighted by molar-refractivity contribution is 5.83. The van der Waals surface area contributed by atoms with E-state index in [4.69, 9.17) is 5.11 Å². The van der Waals surface area contributed by atoms with Crippen LogP contribution in [0, 0.1) is 12.8 Å². The molecule has 2 aromatic rings. The molecule has 1 saturated carbocycles. The molecule has 1 atom stereocenters. The van der Waals surface area contributed by atoms with Crippen LogP contribution in [0.4, 0.5) is 0 Å². The molecule has 0 radical (unpaired) electrons. The van der Waals surface area contributed by atoms with E-state index in [0.29, 0.717) is 5.82 Å². The molecule has 1 aliphatic rings. The molecule has 8 nitrogen and oxygen atoms in total. The van der Waals surface area contributed by atoms with Crippen molar-refractivity contribution >= 4 is 11.9 Å². The minimum atomic E-state index is -1.01. The summed E-state index contributed by atoms with van der Waals surface area (Å²) < 4.78 is 0. The Labute approximate surface area is 132 Å². The van der Waals surface area contributed by atoms with Crippen LogP contribution < -0.4 is 5.32 Å². The smallest absolute Gasteiger partial charge is 0.326 e. The molecule has 1 heterocycles. The molecule has 8 heteroatoms. The predicted molar refractivity (Wildman–Crippen MR) is 80.3 cm³/mol. The van der Waals surface area contributed by atoms with E-state index in [1.54, 1.807) is 0 Å². The number of rotatable bonds is 6. The van der Waals surface area contributed by atoms with Gasteiger partial charge in [-0.2, -0.15) is 4.80 Å². The van der Waals surface area contributed by atoms with Crippen molar-refractivity contribution in [1.29, 1.82) is 0 Å². The standard InChI is InChI=1S/C15H17N5O3/c1-9-2-4-11(5-3-9)14-17-19-20(18-14)8-12(21)16-13(15(22)23)10-6-7-10/h2-5,10,13H,6-8H2,1H3,(H,16,21)(H,22,23). The molecule has 120 valence electrons. The summed E-state index contributed by atoms with van der Waals surface area (Å²) in [4.78, 5) is 24.2. The molecule has 0 aliphatic heterocycles. The molecule has 3 rings (SSSR count). The number of hydrogen-bond acceptors (Lipinski definition) is 5. The molecule has 23 heavy (non-hydrogen) atoms. The number of nitrogens with zero attached hydrogens (tertiary/aromatic N) is 4. The van der Waals surface area contributed by atoms with E-state index in [1.807, 2.05) is 31.2 Å². The lowest BCUT2D eigenvalue weighted by Gasteiger charge is -2.12. The van der Waals surface area contributed by atoms with Crippen LogP contribution in [0.2, 0.25) is 0 Å². The van der Waals surface area contributed by atoms with Crippen LogP contribution in [0.25, 0.3) is 11.4 Å². The Morgan fingerprint density at radius 3 is 2.65 bits per heavy atom. The average Bonchev–Trinajstić information content (AvgIpc) is 3.25. The zero-order valence-electron chi connectivity index (χ0n) is 12.6. The third-order valence-corrected chi connectivity index (χ3v) is 3.72. The van der Waals surface area contributed by atoms with Gasteiger partial charge in [0.1, 0.15) is 12.6 Å². The number of carboxylic acid groups (broad SMARTS) is 1. The van der Waals surface area contributed by atoms with Crippen LogP contribution in [0.15, 0.2) is 24.3 Å². The summed E-state index contributed by atoms with van der Waals surface area (Å²) in [5, 5.41) is 23.5. The molecule has 0 spiro atoms. The molecule has 0 saturated heterocycles. The molecule has 1 aromatic heterocycles. The lowest BCUT2D eigenvalue weighted by atomic mass is 10.1. The Balaban J connectivity index is 1.63. The number of tetrazole rings is 1. The summed E-state index contributed by atoms with van der Waals surface area (Å²) in [7, 11) is 0. The Morgan fingerprint density at radius 1 is 1.35 bits per heavy atom. The molecule has 2 N–H and O–H groups in total. The second-order valence-electron chi connectivity index (χ2n) is 5.73. The van der Waals surface area contributed by atoms with Gasteiger partial charge >= 0.3 is 5.97 Å². The van der Waals surface area contributed by atoms with Crippen molar-refractivity contribution in [3.05, 3.63) is 29.8 Å². The maximum Gasteiger partial charge on any atom is 0.326 e. The van der Waals surface area contributed by atoms with Gasteiger partial charge in [0.2, 0.25) is 11.7 Å². The third kappa shape index (κ3) is 3.71. The van der Waals surface area contributed by atoms with Crippen LogP contribution >= 0.6 is 0 Å². The summed E-state index contributed by atoms with van der Waals surface area (Å²) >= 11 is 0. The SMILES string of the molecule is Cc1ccc(-c2nnn(CC(=O)NC(C(=O)O)C3CC3)n2)cc1. The summed E-state index contributed by atoms with van der Waals surface area (Å²) in [5.74, 6) is -0.983. The molecule has 1 unspecified atom stereocenters. The monoisotopic (exact) mass is 315 g/mol. The topological polar surface area (TPSA) is 110 Å². The van der Waals surface area contributed by atoms with E-state index in [9.17, 15) is 9.59 Å². The number of nitrogens with one attached hydrogen (secondary N) is 1. The molecule has 1 aromatic carbocycles. The largest absolute Gasteiger partial charge is 0.480 e. The first kappa shape index (κ1) is 15.1. The van der Waals surface area contributed by atoms with E-state index in [2.05, 4.69) is 20.7 Å². The summed E-state index contributed by atoms with van der Waals surface area (Å²) in [5.41, 5.74) is 1.93. The quantitative estimate of drug-likeness (QED) is 0.809. The number of amides is 1. The van der Waals surface area contributed by atoms with Crippen LogP contribution in [0.3, 0.4) is 0 Å². The normalized spacial score (nSPS) is 15.2. The highest BCUT2D eigenvalue weighted by Crippen LogP contribution is 2.32. The zero-order valence-corrected chi connectivity index (χ0v) is 12.6. The first-order valence-electron chi connectivity index (χ1n) is 7.40. The number of aliphatic carboxylic acids is 1. The van der Waals surface area contributed by atoms with Crippen LogP contribution in [0.1, 0.15) is 18.4 Å². The summed E-state index contributed by atoms with van der Waals surface area (Å²) in [6.07, 6.45) is 1.66. The van der Waals surface area contributed by atoms with Crippen molar-refractivity contribution in [2.45, 2.75) is 32.4 Å². The number of carbonyl (C=O) groups is 2. The maximum absolute atomic E-state index is 11.9. The zero-order chi connectivity index (χ0) is 16.4. The Morgan fingerprint density at radius 2 is 2.04 bits per heavy atom. The Hall–Kier alpha value is -2.77. The van der Waals surface area contributed by atoms with Gasteiger partial charge in [0, 0.05) is 5.56 Å². The van der Waals surface area contributed by atoms with Crippen molar-refractivity contribution in [2.75, 3.05) is 0 Å². The van der Waals surface area contributed by atoms with Gasteiger partial charge in [0.15, 0.2) is 0 Å². The predicted octanol–water partition coefficient (Wildman–Crippen LogP) is 0.628. The molecular formula is C15H17N5O3. The molecular weight excluding hydrogens is 298 g/mol. The molecule has 1 aliphatic carbocycles. The minimum Gasteiger partial charge on any atom is -0.480 e. The first-order chi connectivity index (χ1) is 11.0. The number of aryl methyl sites for hydroxylation is 1. The maximum atomic E-state index is 11.9. The van der Waals surface area contributed by atoms with Crippen molar-refractivity contribution in [3.8, 4) is 11.4 Å². The lowest BCUT2D eigenvalue weighted by molar-refractivity contribution is -0.142. The van der Waals surface area contributed by atoms with Crippen molar-refractivity contribution in [2.24, 2.45) is 5.92 Å². The minimum absolute atomic E-state index is 0.0308. The van der Waals surface area contributed by atoms with Crippen LogP contribution in [-0.4, -0.2) is 43.2 Å². The van der Waals surface area contributed by atoms with Crippen molar-refractivity contribution in [1.82, 2.24) is 25.5 Å². The summed E-state index contributed by atoms with van der Waals surface area (Å²) in [6.45, 7) is 1.83. The van der Waals surface area contributed by atoms with Gasteiger partial charge in [-0.3, -0.25) is 4.79 Å². The van der Waals surface area contributed by atoms with E-state index >= 15 is 0 Å². The fourth-order valence-electron chi connectivity index (χ4n) is 2.29. The second kappa shape index (κ2) is 6.15. The van der Waals surface area contributed by atoms with Gasteiger partial charge in [-0.1, -0.05) is 29.8 Å². The van der Waals surface area contributed by atoms with E-state index in [1.165, 1.54) is 0 Å². The second-order valence-corrected chi connectivity index (χ2v) is 5.73. The molecule has 1 fully saturated rings.